The van der Waals surface area contributed by atoms with Crippen LogP contribution in [0.3, 0.4) is 0 Å². The summed E-state index contributed by atoms with van der Waals surface area (Å²) in [6.45, 7) is 1.53. The van der Waals surface area contributed by atoms with E-state index in [1.807, 2.05) is 4.68 Å². The van der Waals surface area contributed by atoms with Gasteiger partial charge < -0.3 is 5.32 Å². The molecule has 18 heavy (non-hydrogen) atoms. The number of nitrogens with one attached hydrogen (secondary N) is 2. The molecule has 0 spiro atoms. The van der Waals surface area contributed by atoms with Crippen LogP contribution in [0.1, 0.15) is 28.2 Å². The number of aryl methyl sites for hydroxylation is 2. The summed E-state index contributed by atoms with van der Waals surface area (Å²) in [5.41, 5.74) is 4.91. The highest BCUT2D eigenvalue weighted by molar-refractivity contribution is 5.96. The van der Waals surface area contributed by atoms with Gasteiger partial charge in [-0.05, 0) is 19.3 Å². The summed E-state index contributed by atoms with van der Waals surface area (Å²) in [5, 5.41) is 14.6. The van der Waals surface area contributed by atoms with Crippen LogP contribution in [0.15, 0.2) is 6.20 Å². The maximum Gasteiger partial charge on any atom is 0.269 e. The first-order valence-electron chi connectivity index (χ1n) is 6.25. The lowest BCUT2D eigenvalue weighted by Gasteiger charge is -2.10. The molecule has 0 unspecified atom stereocenters. The van der Waals surface area contributed by atoms with E-state index in [2.05, 4.69) is 20.6 Å². The summed E-state index contributed by atoms with van der Waals surface area (Å²) in [4.78, 5) is 12.1. The van der Waals surface area contributed by atoms with E-state index in [1.54, 1.807) is 6.20 Å². The number of carbonyl (C=O) groups excluding carboxylic acids is 1. The summed E-state index contributed by atoms with van der Waals surface area (Å²) in [5.74, 6) is 0.00759. The van der Waals surface area contributed by atoms with Gasteiger partial charge in [0, 0.05) is 29.9 Å². The molecule has 0 aromatic carbocycles. The number of H-pyrrole nitrogens is 1. The van der Waals surface area contributed by atoms with E-state index < -0.39 is 0 Å². The summed E-state index contributed by atoms with van der Waals surface area (Å²) in [6, 6.07) is 0. The predicted molar refractivity (Wildman–Crippen MR) is 64.2 cm³/mol. The SMILES string of the molecule is O=C1NCCCn2nc3c(c21)CCc1[nH]ncc1-3. The molecule has 1 aliphatic heterocycles. The molecule has 0 saturated heterocycles. The maximum atomic E-state index is 12.1. The third-order valence-electron chi connectivity index (χ3n) is 3.70. The van der Waals surface area contributed by atoms with E-state index in [0.29, 0.717) is 0 Å². The fraction of sp³-hybridized carbons (Fsp3) is 0.417. The van der Waals surface area contributed by atoms with Gasteiger partial charge in [0.25, 0.3) is 5.91 Å². The summed E-state index contributed by atoms with van der Waals surface area (Å²) in [7, 11) is 0. The molecule has 2 aromatic heterocycles. The van der Waals surface area contributed by atoms with Crippen molar-refractivity contribution in [1.82, 2.24) is 25.3 Å². The fourth-order valence-electron chi connectivity index (χ4n) is 2.84. The van der Waals surface area contributed by atoms with Crippen LogP contribution < -0.4 is 5.32 Å². The van der Waals surface area contributed by atoms with Crippen molar-refractivity contribution in [2.75, 3.05) is 6.54 Å². The van der Waals surface area contributed by atoms with Crippen molar-refractivity contribution in [3.63, 3.8) is 0 Å². The highest BCUT2D eigenvalue weighted by Gasteiger charge is 2.29. The van der Waals surface area contributed by atoms with Gasteiger partial charge in [0.1, 0.15) is 5.69 Å². The quantitative estimate of drug-likeness (QED) is 0.707. The molecule has 1 amide bonds. The molecule has 0 atom stereocenters. The van der Waals surface area contributed by atoms with Crippen LogP contribution in [0.5, 0.6) is 0 Å². The second-order valence-corrected chi connectivity index (χ2v) is 4.77. The minimum atomic E-state index is 0.00759. The van der Waals surface area contributed by atoms with Gasteiger partial charge in [0.05, 0.1) is 11.9 Å². The average molecular weight is 243 g/mol. The van der Waals surface area contributed by atoms with Crippen LogP contribution in [0, 0.1) is 0 Å². The average Bonchev–Trinajstić information content (AvgIpc) is 2.93. The molecular formula is C12H13N5O. The zero-order valence-electron chi connectivity index (χ0n) is 9.86. The van der Waals surface area contributed by atoms with Crippen molar-refractivity contribution >= 4 is 5.91 Å². The Morgan fingerprint density at radius 2 is 2.28 bits per heavy atom. The van der Waals surface area contributed by atoms with Gasteiger partial charge in [0.2, 0.25) is 0 Å². The summed E-state index contributed by atoms with van der Waals surface area (Å²) >= 11 is 0. The minimum Gasteiger partial charge on any atom is -0.351 e. The second-order valence-electron chi connectivity index (χ2n) is 4.77. The molecule has 0 bridgehead atoms. The lowest BCUT2D eigenvalue weighted by Crippen LogP contribution is -2.24. The van der Waals surface area contributed by atoms with E-state index in [0.717, 1.165) is 60.6 Å². The van der Waals surface area contributed by atoms with Crippen LogP contribution in [0.4, 0.5) is 0 Å². The molecule has 92 valence electrons. The Hall–Kier alpha value is -2.11. The molecule has 2 aliphatic rings. The molecule has 3 heterocycles. The van der Waals surface area contributed by atoms with E-state index >= 15 is 0 Å². The van der Waals surface area contributed by atoms with Gasteiger partial charge in [0.15, 0.2) is 0 Å². The largest absolute Gasteiger partial charge is 0.351 e. The summed E-state index contributed by atoms with van der Waals surface area (Å²) in [6.07, 6.45) is 4.48. The Balaban J connectivity index is 1.96. The molecule has 6 nitrogen and oxygen atoms in total. The monoisotopic (exact) mass is 243 g/mol. The number of hydrogen-bond donors (Lipinski definition) is 2. The highest BCUT2D eigenvalue weighted by Crippen LogP contribution is 2.33. The van der Waals surface area contributed by atoms with E-state index in [1.165, 1.54) is 0 Å². The van der Waals surface area contributed by atoms with Gasteiger partial charge in [-0.3, -0.25) is 14.6 Å². The molecule has 1 aliphatic carbocycles. The van der Waals surface area contributed by atoms with Gasteiger partial charge in [-0.15, -0.1) is 0 Å². The Morgan fingerprint density at radius 1 is 1.33 bits per heavy atom. The first kappa shape index (κ1) is 9.87. The molecule has 0 saturated carbocycles. The number of fused-ring (bicyclic) bond motifs is 5. The van der Waals surface area contributed by atoms with Crippen molar-refractivity contribution in [2.45, 2.75) is 25.8 Å². The van der Waals surface area contributed by atoms with Crippen LogP contribution >= 0.6 is 0 Å². The van der Waals surface area contributed by atoms with Gasteiger partial charge in [-0.2, -0.15) is 10.2 Å². The van der Waals surface area contributed by atoms with E-state index in [-0.39, 0.29) is 5.91 Å². The minimum absolute atomic E-state index is 0.00759. The third-order valence-corrected chi connectivity index (χ3v) is 3.70. The Labute approximate surface area is 103 Å². The normalized spacial score (nSPS) is 17.4. The first-order chi connectivity index (χ1) is 8.84. The van der Waals surface area contributed by atoms with Gasteiger partial charge in [-0.1, -0.05) is 0 Å². The number of amides is 1. The second kappa shape index (κ2) is 3.44. The third kappa shape index (κ3) is 1.20. The number of nitrogens with zero attached hydrogens (tertiary/aromatic N) is 3. The Morgan fingerprint density at radius 3 is 3.22 bits per heavy atom. The lowest BCUT2D eigenvalue weighted by atomic mass is 9.94. The Bertz CT molecular complexity index is 639. The topological polar surface area (TPSA) is 75.6 Å². The van der Waals surface area contributed by atoms with Gasteiger partial charge >= 0.3 is 0 Å². The van der Waals surface area contributed by atoms with Crippen molar-refractivity contribution in [2.24, 2.45) is 0 Å². The number of carbonyl (C=O) groups is 1. The first-order valence-corrected chi connectivity index (χ1v) is 6.25. The number of aromatic nitrogens is 4. The highest BCUT2D eigenvalue weighted by atomic mass is 16.2. The predicted octanol–water partition coefficient (Wildman–Crippen LogP) is 0.505. The molecule has 0 radical (unpaired) electrons. The molecule has 2 aromatic rings. The smallest absolute Gasteiger partial charge is 0.269 e. The van der Waals surface area contributed by atoms with Crippen molar-refractivity contribution in [3.8, 4) is 11.3 Å². The van der Waals surface area contributed by atoms with Gasteiger partial charge in [-0.25, -0.2) is 0 Å². The number of hydrogen-bond acceptors (Lipinski definition) is 3. The van der Waals surface area contributed by atoms with Crippen LogP contribution in [-0.4, -0.2) is 32.4 Å². The van der Waals surface area contributed by atoms with Crippen LogP contribution in [0.25, 0.3) is 11.3 Å². The van der Waals surface area contributed by atoms with Crippen LogP contribution in [-0.2, 0) is 19.4 Å². The lowest BCUT2D eigenvalue weighted by molar-refractivity contribution is 0.0949. The summed E-state index contributed by atoms with van der Waals surface area (Å²) < 4.78 is 1.86. The van der Waals surface area contributed by atoms with Crippen molar-refractivity contribution in [3.05, 3.63) is 23.1 Å². The van der Waals surface area contributed by atoms with Crippen LogP contribution in [0.2, 0.25) is 0 Å². The molecule has 2 N–H and O–H groups in total. The zero-order valence-corrected chi connectivity index (χ0v) is 9.86. The van der Waals surface area contributed by atoms with Crippen molar-refractivity contribution < 1.29 is 4.79 Å². The number of rotatable bonds is 0. The molecule has 4 rings (SSSR count). The molecule has 0 fully saturated rings. The molecular weight excluding hydrogens is 230 g/mol. The zero-order chi connectivity index (χ0) is 12.1. The fourth-order valence-corrected chi connectivity index (χ4v) is 2.84. The molecule has 6 heteroatoms. The van der Waals surface area contributed by atoms with E-state index in [9.17, 15) is 4.79 Å². The Kier molecular flexibility index (Phi) is 1.89. The van der Waals surface area contributed by atoms with E-state index in [4.69, 9.17) is 0 Å². The maximum absolute atomic E-state index is 12.1. The van der Waals surface area contributed by atoms with Crippen molar-refractivity contribution in [1.29, 1.82) is 0 Å². The standard InChI is InChI=1S/C12H13N5O/c18-12-11-7-2-3-9-8(6-14-15-9)10(7)16-17(11)5-1-4-13-12/h6H,1-5H2,(H,13,18)(H,14,15). The number of aromatic amines is 1.